The number of carbonyl (C=O) groups excluding carboxylic acids is 1. The molecule has 0 saturated heterocycles. The van der Waals surface area contributed by atoms with Gasteiger partial charge in [0.2, 0.25) is 6.29 Å². The zero-order chi connectivity index (χ0) is 9.84. The van der Waals surface area contributed by atoms with Crippen LogP contribution in [0.5, 0.6) is 0 Å². The third-order valence-electron chi connectivity index (χ3n) is 2.07. The molecule has 0 radical (unpaired) electrons. The molecule has 4 nitrogen and oxygen atoms in total. The van der Waals surface area contributed by atoms with Crippen molar-refractivity contribution < 1.29 is 14.3 Å². The Morgan fingerprint density at radius 2 is 2.15 bits per heavy atom. The summed E-state index contributed by atoms with van der Waals surface area (Å²) >= 11 is 0. The zero-order valence-corrected chi connectivity index (χ0v) is 8.24. The average molecular weight is 185 g/mol. The second-order valence-electron chi connectivity index (χ2n) is 2.75. The van der Waals surface area contributed by atoms with Crippen molar-refractivity contribution in [3.05, 3.63) is 11.8 Å². The van der Waals surface area contributed by atoms with Crippen molar-refractivity contribution in [1.82, 2.24) is 4.90 Å². The highest BCUT2D eigenvalue weighted by atomic mass is 16.7. The molecule has 1 aliphatic heterocycles. The SMILES string of the molecule is CCN(CC)C1=CC(=O)O[C@H]1OC. The van der Waals surface area contributed by atoms with E-state index in [1.807, 2.05) is 18.7 Å². The highest BCUT2D eigenvalue weighted by Crippen LogP contribution is 2.19. The molecule has 0 aromatic heterocycles. The van der Waals surface area contributed by atoms with Crippen LogP contribution in [0.2, 0.25) is 0 Å². The molecular weight excluding hydrogens is 170 g/mol. The fraction of sp³-hybridized carbons (Fsp3) is 0.667. The number of ether oxygens (including phenoxy) is 2. The van der Waals surface area contributed by atoms with Crippen molar-refractivity contribution in [1.29, 1.82) is 0 Å². The van der Waals surface area contributed by atoms with E-state index >= 15 is 0 Å². The molecule has 0 saturated carbocycles. The second kappa shape index (κ2) is 4.28. The number of likely N-dealkylation sites (N-methyl/N-ethyl adjacent to an activating group) is 1. The van der Waals surface area contributed by atoms with Crippen LogP contribution in [0.15, 0.2) is 11.8 Å². The number of methoxy groups -OCH3 is 1. The number of hydrogen-bond acceptors (Lipinski definition) is 4. The molecule has 1 rings (SSSR count). The first-order chi connectivity index (χ1) is 6.22. The Labute approximate surface area is 78.1 Å². The third kappa shape index (κ3) is 2.01. The van der Waals surface area contributed by atoms with Gasteiger partial charge in [-0.3, -0.25) is 0 Å². The summed E-state index contributed by atoms with van der Waals surface area (Å²) in [4.78, 5) is 13.0. The van der Waals surface area contributed by atoms with Crippen LogP contribution in [0.3, 0.4) is 0 Å². The topological polar surface area (TPSA) is 38.8 Å². The van der Waals surface area contributed by atoms with E-state index in [1.54, 1.807) is 0 Å². The van der Waals surface area contributed by atoms with Gasteiger partial charge in [-0.2, -0.15) is 0 Å². The van der Waals surface area contributed by atoms with E-state index in [0.29, 0.717) is 0 Å². The Bertz CT molecular complexity index is 221. The van der Waals surface area contributed by atoms with E-state index < -0.39 is 6.29 Å². The number of cyclic esters (lactones) is 1. The standard InChI is InChI=1S/C9H15NO3/c1-4-10(5-2)7-6-8(11)13-9(7)12-3/h6,9H,4-5H2,1-3H3/t9-/m1/s1. The fourth-order valence-corrected chi connectivity index (χ4v) is 1.39. The summed E-state index contributed by atoms with van der Waals surface area (Å²) in [5.41, 5.74) is 0.817. The van der Waals surface area contributed by atoms with Crippen molar-refractivity contribution in [3.63, 3.8) is 0 Å². The largest absolute Gasteiger partial charge is 0.426 e. The van der Waals surface area contributed by atoms with Gasteiger partial charge < -0.3 is 14.4 Å². The van der Waals surface area contributed by atoms with Gasteiger partial charge >= 0.3 is 5.97 Å². The smallest absolute Gasteiger partial charge is 0.335 e. The normalized spacial score (nSPS) is 21.3. The monoisotopic (exact) mass is 185 g/mol. The number of rotatable bonds is 4. The maximum Gasteiger partial charge on any atom is 0.335 e. The Morgan fingerprint density at radius 3 is 2.62 bits per heavy atom. The van der Waals surface area contributed by atoms with Gasteiger partial charge in [-0.05, 0) is 13.8 Å². The Morgan fingerprint density at radius 1 is 1.54 bits per heavy atom. The van der Waals surface area contributed by atoms with E-state index in [2.05, 4.69) is 0 Å². The fourth-order valence-electron chi connectivity index (χ4n) is 1.39. The van der Waals surface area contributed by atoms with Crippen LogP contribution in [-0.4, -0.2) is 37.4 Å². The van der Waals surface area contributed by atoms with Gasteiger partial charge in [0.15, 0.2) is 0 Å². The first-order valence-corrected chi connectivity index (χ1v) is 4.42. The highest BCUT2D eigenvalue weighted by Gasteiger charge is 2.28. The predicted octanol–water partition coefficient (Wildman–Crippen LogP) is 0.741. The Hall–Kier alpha value is -1.03. The van der Waals surface area contributed by atoms with Gasteiger partial charge in [0.1, 0.15) is 0 Å². The summed E-state index contributed by atoms with van der Waals surface area (Å²) in [6.07, 6.45) is 0.966. The zero-order valence-electron chi connectivity index (χ0n) is 8.24. The van der Waals surface area contributed by atoms with Gasteiger partial charge in [-0.15, -0.1) is 0 Å². The van der Waals surface area contributed by atoms with Crippen LogP contribution in [0.4, 0.5) is 0 Å². The lowest BCUT2D eigenvalue weighted by Gasteiger charge is -2.24. The molecule has 13 heavy (non-hydrogen) atoms. The molecule has 0 unspecified atom stereocenters. The minimum absolute atomic E-state index is 0.325. The van der Waals surface area contributed by atoms with Crippen molar-refractivity contribution in [2.24, 2.45) is 0 Å². The molecule has 0 N–H and O–H groups in total. The highest BCUT2D eigenvalue weighted by molar-refractivity contribution is 5.85. The first kappa shape index (κ1) is 10.1. The van der Waals surface area contributed by atoms with Crippen LogP contribution < -0.4 is 0 Å². The molecule has 1 atom stereocenters. The molecule has 1 aliphatic rings. The molecule has 0 aromatic carbocycles. The van der Waals surface area contributed by atoms with E-state index in [4.69, 9.17) is 9.47 Å². The summed E-state index contributed by atoms with van der Waals surface area (Å²) < 4.78 is 9.94. The first-order valence-electron chi connectivity index (χ1n) is 4.42. The van der Waals surface area contributed by atoms with Crippen LogP contribution >= 0.6 is 0 Å². The van der Waals surface area contributed by atoms with E-state index in [9.17, 15) is 4.79 Å². The molecule has 74 valence electrons. The summed E-state index contributed by atoms with van der Waals surface area (Å²) in [5.74, 6) is -0.325. The number of nitrogens with zero attached hydrogens (tertiary/aromatic N) is 1. The van der Waals surface area contributed by atoms with Gasteiger partial charge in [0.25, 0.3) is 0 Å². The molecule has 1 heterocycles. The van der Waals surface area contributed by atoms with Crippen molar-refractivity contribution in [2.75, 3.05) is 20.2 Å². The molecule has 0 amide bonds. The van der Waals surface area contributed by atoms with Gasteiger partial charge in [0, 0.05) is 26.3 Å². The van der Waals surface area contributed by atoms with Crippen molar-refractivity contribution >= 4 is 5.97 Å². The van der Waals surface area contributed by atoms with Crippen molar-refractivity contribution in [3.8, 4) is 0 Å². The summed E-state index contributed by atoms with van der Waals surface area (Å²) in [6.45, 7) is 5.75. The van der Waals surface area contributed by atoms with E-state index in [0.717, 1.165) is 18.8 Å². The molecule has 0 fully saturated rings. The average Bonchev–Trinajstić information content (AvgIpc) is 2.49. The van der Waals surface area contributed by atoms with Gasteiger partial charge in [-0.1, -0.05) is 0 Å². The van der Waals surface area contributed by atoms with E-state index in [1.165, 1.54) is 13.2 Å². The minimum Gasteiger partial charge on any atom is -0.426 e. The third-order valence-corrected chi connectivity index (χ3v) is 2.07. The van der Waals surface area contributed by atoms with Crippen LogP contribution in [0, 0.1) is 0 Å². The maximum absolute atomic E-state index is 11.0. The lowest BCUT2D eigenvalue weighted by molar-refractivity contribution is -0.157. The Kier molecular flexibility index (Phi) is 3.31. The summed E-state index contributed by atoms with van der Waals surface area (Å²) in [6, 6.07) is 0. The molecule has 4 heteroatoms. The van der Waals surface area contributed by atoms with Crippen molar-refractivity contribution in [2.45, 2.75) is 20.1 Å². The number of hydrogen-bond donors (Lipinski definition) is 0. The van der Waals surface area contributed by atoms with Crippen LogP contribution in [-0.2, 0) is 14.3 Å². The Balaban J connectivity index is 2.75. The summed E-state index contributed by atoms with van der Waals surface area (Å²) in [7, 11) is 1.53. The molecular formula is C9H15NO3. The number of carbonyl (C=O) groups is 1. The van der Waals surface area contributed by atoms with E-state index in [-0.39, 0.29) is 5.97 Å². The molecule has 0 aromatic rings. The lowest BCUT2D eigenvalue weighted by Crippen LogP contribution is -2.29. The predicted molar refractivity (Wildman–Crippen MR) is 47.9 cm³/mol. The lowest BCUT2D eigenvalue weighted by atomic mass is 10.3. The van der Waals surface area contributed by atoms with Crippen LogP contribution in [0.25, 0.3) is 0 Å². The van der Waals surface area contributed by atoms with Gasteiger partial charge in [-0.25, -0.2) is 4.79 Å². The summed E-state index contributed by atoms with van der Waals surface area (Å²) in [5, 5.41) is 0. The van der Waals surface area contributed by atoms with Gasteiger partial charge in [0.05, 0.1) is 5.70 Å². The number of esters is 1. The second-order valence-corrected chi connectivity index (χ2v) is 2.75. The molecule has 0 spiro atoms. The molecule has 0 bridgehead atoms. The quantitative estimate of drug-likeness (QED) is 0.605. The van der Waals surface area contributed by atoms with Crippen LogP contribution in [0.1, 0.15) is 13.8 Å². The molecule has 0 aliphatic carbocycles. The minimum atomic E-state index is -0.521. The maximum atomic E-state index is 11.0.